The van der Waals surface area contributed by atoms with E-state index in [1.165, 1.54) is 18.2 Å². The number of hydrogen-bond donors (Lipinski definition) is 1. The number of carbonyl (C=O) groups excluding carboxylic acids is 2. The van der Waals surface area contributed by atoms with Gasteiger partial charge in [0.25, 0.3) is 0 Å². The molecule has 1 aromatic heterocycles. The van der Waals surface area contributed by atoms with Crippen LogP contribution in [0.25, 0.3) is 21.9 Å². The number of aromatic hydroxyl groups is 1. The molecule has 0 aliphatic rings. The number of rotatable bonds is 6. The van der Waals surface area contributed by atoms with Crippen LogP contribution in [0.3, 0.4) is 0 Å². The Labute approximate surface area is 160 Å². The van der Waals surface area contributed by atoms with Gasteiger partial charge in [-0.15, -0.1) is 0 Å². The summed E-state index contributed by atoms with van der Waals surface area (Å²) in [5, 5.41) is 10.8. The van der Waals surface area contributed by atoms with Crippen LogP contribution in [0.4, 0.5) is 0 Å². The quantitative estimate of drug-likeness (QED) is 0.513. The summed E-state index contributed by atoms with van der Waals surface area (Å²) in [5.74, 6) is -1.13. The Morgan fingerprint density at radius 2 is 1.71 bits per heavy atom. The molecule has 0 bridgehead atoms. The van der Waals surface area contributed by atoms with Gasteiger partial charge in [-0.3, -0.25) is 9.59 Å². The second kappa shape index (κ2) is 8.12. The maximum absolute atomic E-state index is 12.9. The number of ether oxygens (including phenoxy) is 2. The van der Waals surface area contributed by atoms with Gasteiger partial charge in [0.2, 0.25) is 5.43 Å². The molecule has 0 fully saturated rings. The Bertz CT molecular complexity index is 1110. The summed E-state index contributed by atoms with van der Waals surface area (Å²) in [5.41, 5.74) is 0.320. The monoisotopic (exact) mass is 384 g/mol. The average molecular weight is 384 g/mol. The Morgan fingerprint density at radius 1 is 1.00 bits per heavy atom. The van der Waals surface area contributed by atoms with Crippen molar-refractivity contribution in [3.8, 4) is 5.75 Å². The fraction of sp³-hybridized carbons (Fsp3) is 0.286. The molecule has 0 saturated carbocycles. The van der Waals surface area contributed by atoms with E-state index in [1.807, 2.05) is 0 Å². The molecular weight excluding hydrogens is 364 g/mol. The summed E-state index contributed by atoms with van der Waals surface area (Å²) < 4.78 is 15.9. The van der Waals surface area contributed by atoms with Crippen molar-refractivity contribution in [1.29, 1.82) is 0 Å². The highest BCUT2D eigenvalue weighted by atomic mass is 16.5. The average Bonchev–Trinajstić information content (AvgIpc) is 2.67. The van der Waals surface area contributed by atoms with E-state index in [0.717, 1.165) is 0 Å². The standard InChI is InChI=1S/C21H20O7/c1-3-26-17(23)11-9-12-16(22)10-8-14-18(24)13-6-5-7-15(21(25)27-4-2)20(13)28-19(12)14/h5-8,10,22H,3-4,9,11H2,1-2H3. The van der Waals surface area contributed by atoms with Crippen molar-refractivity contribution < 1.29 is 28.6 Å². The van der Waals surface area contributed by atoms with E-state index in [-0.39, 0.29) is 64.7 Å². The third-order valence-corrected chi connectivity index (χ3v) is 4.32. The van der Waals surface area contributed by atoms with E-state index in [1.54, 1.807) is 26.0 Å². The minimum Gasteiger partial charge on any atom is -0.508 e. The molecule has 0 amide bonds. The zero-order valence-corrected chi connectivity index (χ0v) is 15.6. The number of hydrogen-bond acceptors (Lipinski definition) is 7. The largest absolute Gasteiger partial charge is 0.508 e. The van der Waals surface area contributed by atoms with E-state index in [0.29, 0.717) is 5.56 Å². The van der Waals surface area contributed by atoms with E-state index < -0.39 is 11.9 Å². The van der Waals surface area contributed by atoms with Gasteiger partial charge >= 0.3 is 11.9 Å². The lowest BCUT2D eigenvalue weighted by Gasteiger charge is -2.11. The first kappa shape index (κ1) is 19.4. The lowest BCUT2D eigenvalue weighted by Crippen LogP contribution is -2.10. The summed E-state index contributed by atoms with van der Waals surface area (Å²) in [4.78, 5) is 36.9. The number of esters is 2. The number of fused-ring (bicyclic) bond motifs is 2. The van der Waals surface area contributed by atoms with Crippen molar-refractivity contribution in [3.63, 3.8) is 0 Å². The third-order valence-electron chi connectivity index (χ3n) is 4.32. The van der Waals surface area contributed by atoms with Crippen molar-refractivity contribution in [3.05, 3.63) is 51.7 Å². The molecule has 2 aromatic carbocycles. The first-order valence-electron chi connectivity index (χ1n) is 9.01. The van der Waals surface area contributed by atoms with Crippen molar-refractivity contribution in [2.45, 2.75) is 26.7 Å². The van der Waals surface area contributed by atoms with Crippen molar-refractivity contribution in [1.82, 2.24) is 0 Å². The van der Waals surface area contributed by atoms with Crippen LogP contribution >= 0.6 is 0 Å². The van der Waals surface area contributed by atoms with Crippen LogP contribution in [0.5, 0.6) is 5.75 Å². The Balaban J connectivity index is 2.22. The maximum atomic E-state index is 12.9. The van der Waals surface area contributed by atoms with Crippen molar-refractivity contribution in [2.24, 2.45) is 0 Å². The van der Waals surface area contributed by atoms with Gasteiger partial charge in [0.1, 0.15) is 16.9 Å². The van der Waals surface area contributed by atoms with Crippen LogP contribution in [-0.4, -0.2) is 30.3 Å². The summed E-state index contributed by atoms with van der Waals surface area (Å²) >= 11 is 0. The molecule has 3 aromatic rings. The molecule has 3 rings (SSSR count). The summed E-state index contributed by atoms with van der Waals surface area (Å²) in [6.07, 6.45) is 0.139. The van der Waals surface area contributed by atoms with Gasteiger partial charge in [-0.05, 0) is 44.5 Å². The highest BCUT2D eigenvalue weighted by molar-refractivity contribution is 6.04. The lowest BCUT2D eigenvalue weighted by molar-refractivity contribution is -0.143. The van der Waals surface area contributed by atoms with E-state index in [4.69, 9.17) is 13.9 Å². The van der Waals surface area contributed by atoms with Crippen molar-refractivity contribution in [2.75, 3.05) is 13.2 Å². The Hall–Kier alpha value is -3.35. The number of para-hydroxylation sites is 1. The molecule has 7 heteroatoms. The summed E-state index contributed by atoms with van der Waals surface area (Å²) in [7, 11) is 0. The van der Waals surface area contributed by atoms with Crippen LogP contribution in [0.15, 0.2) is 39.5 Å². The minimum absolute atomic E-state index is 0.0157. The number of carbonyl (C=O) groups is 2. The zero-order valence-electron chi connectivity index (χ0n) is 15.6. The smallest absolute Gasteiger partial charge is 0.341 e. The third kappa shape index (κ3) is 3.55. The number of benzene rings is 2. The van der Waals surface area contributed by atoms with Gasteiger partial charge in [-0.25, -0.2) is 4.79 Å². The highest BCUT2D eigenvalue weighted by Crippen LogP contribution is 2.30. The topological polar surface area (TPSA) is 103 Å². The molecule has 146 valence electrons. The molecular formula is C21H20O7. The second-order valence-corrected chi connectivity index (χ2v) is 6.08. The highest BCUT2D eigenvalue weighted by Gasteiger charge is 2.20. The SMILES string of the molecule is CCOC(=O)CCc1c(O)ccc2c(=O)c3cccc(C(=O)OCC)c3oc12. The van der Waals surface area contributed by atoms with Crippen LogP contribution < -0.4 is 5.43 Å². The maximum Gasteiger partial charge on any atom is 0.341 e. The summed E-state index contributed by atoms with van der Waals surface area (Å²) in [6.45, 7) is 3.82. The molecule has 28 heavy (non-hydrogen) atoms. The minimum atomic E-state index is -0.608. The zero-order chi connectivity index (χ0) is 20.3. The predicted octanol–water partition coefficient (Wildman–Crippen LogP) is 3.32. The number of phenolic OH excluding ortho intramolecular Hbond substituents is 1. The lowest BCUT2D eigenvalue weighted by atomic mass is 10.0. The number of phenols is 1. The van der Waals surface area contributed by atoms with Gasteiger partial charge in [-0.1, -0.05) is 6.07 Å². The van der Waals surface area contributed by atoms with Gasteiger partial charge in [0.15, 0.2) is 5.58 Å². The van der Waals surface area contributed by atoms with E-state index in [9.17, 15) is 19.5 Å². The molecule has 0 aliphatic heterocycles. The van der Waals surface area contributed by atoms with E-state index in [2.05, 4.69) is 0 Å². The molecule has 0 spiro atoms. The number of aryl methyl sites for hydroxylation is 1. The fourth-order valence-corrected chi connectivity index (χ4v) is 3.06. The van der Waals surface area contributed by atoms with Crippen molar-refractivity contribution >= 4 is 33.9 Å². The molecule has 0 unspecified atom stereocenters. The molecule has 7 nitrogen and oxygen atoms in total. The fourth-order valence-electron chi connectivity index (χ4n) is 3.06. The van der Waals surface area contributed by atoms with Crippen LogP contribution in [0, 0.1) is 0 Å². The second-order valence-electron chi connectivity index (χ2n) is 6.08. The molecule has 0 radical (unpaired) electrons. The van der Waals surface area contributed by atoms with Gasteiger partial charge in [-0.2, -0.15) is 0 Å². The van der Waals surface area contributed by atoms with Crippen LogP contribution in [-0.2, 0) is 20.7 Å². The van der Waals surface area contributed by atoms with E-state index >= 15 is 0 Å². The molecule has 0 atom stereocenters. The van der Waals surface area contributed by atoms with Gasteiger partial charge < -0.3 is 19.0 Å². The Kier molecular flexibility index (Phi) is 5.63. The molecule has 0 aliphatic carbocycles. The predicted molar refractivity (Wildman–Crippen MR) is 103 cm³/mol. The Morgan fingerprint density at radius 3 is 2.43 bits per heavy atom. The van der Waals surface area contributed by atoms with Gasteiger partial charge in [0.05, 0.1) is 24.0 Å². The molecule has 1 N–H and O–H groups in total. The first-order valence-corrected chi connectivity index (χ1v) is 9.01. The van der Waals surface area contributed by atoms with Crippen LogP contribution in [0.2, 0.25) is 0 Å². The summed E-state index contributed by atoms with van der Waals surface area (Å²) in [6, 6.07) is 7.51. The normalized spacial score (nSPS) is 10.9. The van der Waals surface area contributed by atoms with Crippen LogP contribution in [0.1, 0.15) is 36.2 Å². The first-order chi connectivity index (χ1) is 13.5. The van der Waals surface area contributed by atoms with Gasteiger partial charge in [0, 0.05) is 12.0 Å². The molecule has 0 saturated heterocycles. The molecule has 1 heterocycles.